The Bertz CT molecular complexity index is 325. The maximum absolute atomic E-state index is 10.5. The van der Waals surface area contributed by atoms with Gasteiger partial charge in [0.25, 0.3) is 0 Å². The first kappa shape index (κ1) is 13.9. The quantitative estimate of drug-likeness (QED) is 0.721. The number of aromatic amines is 1. The van der Waals surface area contributed by atoms with E-state index in [2.05, 4.69) is 9.97 Å². The molecule has 0 spiro atoms. The Morgan fingerprint density at radius 2 is 2.27 bits per heavy atom. The second-order valence-corrected chi connectivity index (χ2v) is 3.60. The number of carboxylic acid groups (broad SMARTS) is 1. The Hall–Kier alpha value is -1.07. The van der Waals surface area contributed by atoms with E-state index in [4.69, 9.17) is 10.8 Å². The summed E-state index contributed by atoms with van der Waals surface area (Å²) < 4.78 is 0. The molecule has 0 aliphatic carbocycles. The third-order valence-electron chi connectivity index (χ3n) is 1.95. The minimum absolute atomic E-state index is 0. The number of H-pyrrole nitrogens is 1. The summed E-state index contributed by atoms with van der Waals surface area (Å²) >= 11 is 0. The maximum atomic E-state index is 10.5. The van der Waals surface area contributed by atoms with Gasteiger partial charge in [0.15, 0.2) is 0 Å². The summed E-state index contributed by atoms with van der Waals surface area (Å²) in [5, 5.41) is 8.60. The maximum Gasteiger partial charge on any atom is 0.320 e. The first-order valence-corrected chi connectivity index (χ1v) is 4.53. The number of aliphatic carboxylic acids is 1. The molecule has 0 amide bonds. The van der Waals surface area contributed by atoms with E-state index in [0.29, 0.717) is 5.92 Å². The highest BCUT2D eigenvalue weighted by Crippen LogP contribution is 2.10. The van der Waals surface area contributed by atoms with Gasteiger partial charge in [0, 0.05) is 24.2 Å². The lowest BCUT2D eigenvalue weighted by molar-refractivity contribution is -0.138. The van der Waals surface area contributed by atoms with Crippen LogP contribution in [0.3, 0.4) is 0 Å². The fraction of sp³-hybridized carbons (Fsp3) is 0.556. The zero-order chi connectivity index (χ0) is 10.7. The molecule has 86 valence electrons. The van der Waals surface area contributed by atoms with Crippen LogP contribution in [0.15, 0.2) is 6.20 Å². The van der Waals surface area contributed by atoms with Crippen molar-refractivity contribution in [1.29, 1.82) is 0 Å². The van der Waals surface area contributed by atoms with Gasteiger partial charge >= 0.3 is 5.97 Å². The van der Waals surface area contributed by atoms with E-state index in [1.165, 1.54) is 0 Å². The van der Waals surface area contributed by atoms with Crippen molar-refractivity contribution in [3.8, 4) is 0 Å². The van der Waals surface area contributed by atoms with Crippen LogP contribution in [0.1, 0.15) is 31.3 Å². The molecule has 5 nitrogen and oxygen atoms in total. The van der Waals surface area contributed by atoms with E-state index < -0.39 is 12.0 Å². The van der Waals surface area contributed by atoms with Crippen molar-refractivity contribution in [1.82, 2.24) is 9.97 Å². The average Bonchev–Trinajstić information content (AvgIpc) is 2.52. The normalized spacial score (nSPS) is 12.3. The van der Waals surface area contributed by atoms with Crippen LogP contribution in [-0.4, -0.2) is 27.1 Å². The summed E-state index contributed by atoms with van der Waals surface area (Å²) in [5.74, 6) is 0.174. The predicted octanol–water partition coefficient (Wildman–Crippen LogP) is 0.909. The lowest BCUT2D eigenvalue weighted by Crippen LogP contribution is -2.32. The third-order valence-corrected chi connectivity index (χ3v) is 1.95. The van der Waals surface area contributed by atoms with Gasteiger partial charge in [0.05, 0.1) is 0 Å². The number of nitrogens with one attached hydrogen (secondary N) is 1. The van der Waals surface area contributed by atoms with Gasteiger partial charge in [-0.3, -0.25) is 4.79 Å². The molecule has 0 radical (unpaired) electrons. The molecule has 0 unspecified atom stereocenters. The molecule has 15 heavy (non-hydrogen) atoms. The van der Waals surface area contributed by atoms with E-state index >= 15 is 0 Å². The number of hydrogen-bond acceptors (Lipinski definition) is 3. The molecule has 1 aromatic rings. The number of carboxylic acids is 1. The summed E-state index contributed by atoms with van der Waals surface area (Å²) in [5.41, 5.74) is 6.15. The first-order chi connectivity index (χ1) is 6.50. The van der Waals surface area contributed by atoms with E-state index in [1.54, 1.807) is 6.20 Å². The van der Waals surface area contributed by atoms with Gasteiger partial charge in [-0.05, 0) is 0 Å². The molecule has 1 atom stereocenters. The number of carbonyl (C=O) groups is 1. The number of rotatable bonds is 4. The van der Waals surface area contributed by atoms with Crippen LogP contribution in [0.5, 0.6) is 0 Å². The molecular weight excluding hydrogens is 218 g/mol. The molecule has 1 aromatic heterocycles. The average molecular weight is 234 g/mol. The van der Waals surface area contributed by atoms with Crippen molar-refractivity contribution >= 4 is 18.4 Å². The Labute approximate surface area is 94.5 Å². The molecular formula is C9H16ClN3O2. The zero-order valence-corrected chi connectivity index (χ0v) is 9.54. The van der Waals surface area contributed by atoms with Crippen molar-refractivity contribution in [2.24, 2.45) is 5.73 Å². The zero-order valence-electron chi connectivity index (χ0n) is 8.73. The van der Waals surface area contributed by atoms with E-state index in [-0.39, 0.29) is 18.8 Å². The molecule has 1 rings (SSSR count). The lowest BCUT2D eigenvalue weighted by atomic mass is 10.2. The van der Waals surface area contributed by atoms with E-state index in [0.717, 1.165) is 11.5 Å². The number of nitrogens with zero attached hydrogens (tertiary/aromatic N) is 1. The molecule has 0 saturated carbocycles. The number of aromatic nitrogens is 2. The number of hydrogen-bond donors (Lipinski definition) is 3. The third kappa shape index (κ3) is 3.89. The van der Waals surface area contributed by atoms with Gasteiger partial charge in [-0.25, -0.2) is 4.98 Å². The SMILES string of the molecule is CC(C)c1ncc(C[C@H](N)C(=O)O)[nH]1.Cl. The minimum Gasteiger partial charge on any atom is -0.480 e. The summed E-state index contributed by atoms with van der Waals surface area (Å²) in [6, 6.07) is -0.865. The summed E-state index contributed by atoms with van der Waals surface area (Å²) in [6.45, 7) is 4.03. The van der Waals surface area contributed by atoms with Crippen molar-refractivity contribution in [2.75, 3.05) is 0 Å². The van der Waals surface area contributed by atoms with Gasteiger partial charge in [0.2, 0.25) is 0 Å². The Morgan fingerprint density at radius 1 is 1.67 bits per heavy atom. The van der Waals surface area contributed by atoms with E-state index in [9.17, 15) is 4.79 Å². The molecule has 6 heteroatoms. The Morgan fingerprint density at radius 3 is 2.67 bits per heavy atom. The van der Waals surface area contributed by atoms with Crippen LogP contribution < -0.4 is 5.73 Å². The number of halogens is 1. The highest BCUT2D eigenvalue weighted by atomic mass is 35.5. The van der Waals surface area contributed by atoms with Gasteiger partial charge < -0.3 is 15.8 Å². The monoisotopic (exact) mass is 233 g/mol. The smallest absolute Gasteiger partial charge is 0.320 e. The largest absolute Gasteiger partial charge is 0.480 e. The van der Waals surface area contributed by atoms with E-state index in [1.807, 2.05) is 13.8 Å². The van der Waals surface area contributed by atoms with Crippen LogP contribution >= 0.6 is 12.4 Å². The van der Waals surface area contributed by atoms with Crippen molar-refractivity contribution in [2.45, 2.75) is 32.2 Å². The Balaban J connectivity index is 0.00000196. The van der Waals surface area contributed by atoms with Crippen molar-refractivity contribution in [3.63, 3.8) is 0 Å². The van der Waals surface area contributed by atoms with Crippen LogP contribution in [0.2, 0.25) is 0 Å². The van der Waals surface area contributed by atoms with Crippen molar-refractivity contribution in [3.05, 3.63) is 17.7 Å². The minimum atomic E-state index is -0.995. The summed E-state index contributed by atoms with van der Waals surface area (Å²) in [7, 11) is 0. The summed E-state index contributed by atoms with van der Waals surface area (Å²) in [6.07, 6.45) is 1.92. The molecule has 0 bridgehead atoms. The van der Waals surface area contributed by atoms with Crippen LogP contribution in [0.4, 0.5) is 0 Å². The van der Waals surface area contributed by atoms with Crippen molar-refractivity contribution < 1.29 is 9.90 Å². The highest BCUT2D eigenvalue weighted by molar-refractivity contribution is 5.85. The molecule has 0 fully saturated rings. The molecule has 4 N–H and O–H groups in total. The molecule has 0 aliphatic rings. The highest BCUT2D eigenvalue weighted by Gasteiger charge is 2.14. The van der Waals surface area contributed by atoms with Gasteiger partial charge in [-0.1, -0.05) is 13.8 Å². The molecule has 0 aromatic carbocycles. The van der Waals surface area contributed by atoms with Gasteiger partial charge in [-0.15, -0.1) is 12.4 Å². The van der Waals surface area contributed by atoms with Gasteiger partial charge in [-0.2, -0.15) is 0 Å². The second-order valence-electron chi connectivity index (χ2n) is 3.60. The van der Waals surface area contributed by atoms with Crippen LogP contribution in [-0.2, 0) is 11.2 Å². The van der Waals surface area contributed by atoms with Gasteiger partial charge in [0.1, 0.15) is 11.9 Å². The first-order valence-electron chi connectivity index (χ1n) is 4.53. The van der Waals surface area contributed by atoms with Crippen LogP contribution in [0, 0.1) is 0 Å². The number of imidazole rings is 1. The standard InChI is InChI=1S/C9H15N3O2.ClH/c1-5(2)8-11-4-6(12-8)3-7(10)9(13)14;/h4-5,7H,3,10H2,1-2H3,(H,11,12)(H,13,14);1H/t7-;/m0./s1. The molecule has 0 aliphatic heterocycles. The fourth-order valence-electron chi connectivity index (χ4n) is 1.10. The van der Waals surface area contributed by atoms with Crippen LogP contribution in [0.25, 0.3) is 0 Å². The Kier molecular flexibility index (Phi) is 5.32. The molecule has 1 heterocycles. The number of nitrogens with two attached hydrogens (primary N) is 1. The predicted molar refractivity (Wildman–Crippen MR) is 59.2 cm³/mol. The topological polar surface area (TPSA) is 92.0 Å². The second kappa shape index (κ2) is 5.72. The molecule has 0 saturated heterocycles. The summed E-state index contributed by atoms with van der Waals surface area (Å²) in [4.78, 5) is 17.7. The fourth-order valence-corrected chi connectivity index (χ4v) is 1.10. The lowest BCUT2D eigenvalue weighted by Gasteiger charge is -2.03.